The van der Waals surface area contributed by atoms with Crippen molar-refractivity contribution in [2.45, 2.75) is 13.3 Å². The first kappa shape index (κ1) is 23.4. The van der Waals surface area contributed by atoms with Crippen LogP contribution in [0.5, 0.6) is 5.75 Å². The third-order valence-electron chi connectivity index (χ3n) is 4.30. The lowest BCUT2D eigenvalue weighted by Gasteiger charge is -2.12. The van der Waals surface area contributed by atoms with E-state index in [-0.39, 0.29) is 16.9 Å². The molecule has 0 atom stereocenters. The monoisotopic (exact) mass is 511 g/mol. The lowest BCUT2D eigenvalue weighted by molar-refractivity contribution is 0.0976. The average Bonchev–Trinajstić information content (AvgIpc) is 2.79. The summed E-state index contributed by atoms with van der Waals surface area (Å²) in [5.41, 5.74) is 2.23. The van der Waals surface area contributed by atoms with Crippen molar-refractivity contribution in [1.29, 1.82) is 0 Å². The first-order chi connectivity index (χ1) is 15.5. The molecule has 3 N–H and O–H groups in total. The maximum Gasteiger partial charge on any atom is 0.257 e. The van der Waals surface area contributed by atoms with Gasteiger partial charge in [0.2, 0.25) is 0 Å². The van der Waals surface area contributed by atoms with Gasteiger partial charge in [-0.2, -0.15) is 0 Å². The molecule has 0 bridgehead atoms. The minimum atomic E-state index is -0.348. The fourth-order valence-corrected chi connectivity index (χ4v) is 3.48. The summed E-state index contributed by atoms with van der Waals surface area (Å²) < 4.78 is 6.29. The van der Waals surface area contributed by atoms with Gasteiger partial charge in [0.25, 0.3) is 11.8 Å². The van der Waals surface area contributed by atoms with Gasteiger partial charge in [0.05, 0.1) is 11.1 Å². The molecule has 164 valence electrons. The van der Waals surface area contributed by atoms with E-state index in [2.05, 4.69) is 31.9 Å². The van der Waals surface area contributed by atoms with E-state index in [9.17, 15) is 9.59 Å². The Hall–Kier alpha value is -3.23. The van der Waals surface area contributed by atoms with Crippen molar-refractivity contribution in [3.05, 3.63) is 88.4 Å². The molecule has 0 aliphatic rings. The Morgan fingerprint density at radius 1 is 0.875 bits per heavy atom. The van der Waals surface area contributed by atoms with Crippen molar-refractivity contribution >= 4 is 56.4 Å². The number of carbonyl (C=O) groups excluding carboxylic acids is 2. The van der Waals surface area contributed by atoms with Crippen LogP contribution in [0.2, 0.25) is 0 Å². The second-order valence-corrected chi connectivity index (χ2v) is 8.07. The SMILES string of the molecule is CCCOc1ccc(C(=O)NC(=S)Nc2cccc(NC(=O)c3ccccc3)c2)cc1Br. The van der Waals surface area contributed by atoms with E-state index in [1.165, 1.54) is 0 Å². The molecule has 0 fully saturated rings. The van der Waals surface area contributed by atoms with Gasteiger partial charge in [-0.15, -0.1) is 0 Å². The number of benzene rings is 3. The fourth-order valence-electron chi connectivity index (χ4n) is 2.78. The summed E-state index contributed by atoms with van der Waals surface area (Å²) in [5, 5.41) is 8.60. The summed E-state index contributed by atoms with van der Waals surface area (Å²) in [5.74, 6) is 0.118. The van der Waals surface area contributed by atoms with Crippen LogP contribution in [0.1, 0.15) is 34.1 Å². The van der Waals surface area contributed by atoms with E-state index in [4.69, 9.17) is 17.0 Å². The molecule has 0 radical (unpaired) electrons. The number of rotatable bonds is 7. The summed E-state index contributed by atoms with van der Waals surface area (Å²) in [7, 11) is 0. The number of nitrogens with one attached hydrogen (secondary N) is 3. The minimum absolute atomic E-state index is 0.143. The molecule has 0 aromatic heterocycles. The summed E-state index contributed by atoms with van der Waals surface area (Å²) >= 11 is 8.69. The van der Waals surface area contributed by atoms with Crippen molar-refractivity contribution in [2.24, 2.45) is 0 Å². The molecular formula is C24H22BrN3O3S. The Labute approximate surface area is 200 Å². The molecular weight excluding hydrogens is 490 g/mol. The number of thiocarbonyl (C=S) groups is 1. The minimum Gasteiger partial charge on any atom is -0.492 e. The zero-order chi connectivity index (χ0) is 22.9. The van der Waals surface area contributed by atoms with Crippen LogP contribution in [0.4, 0.5) is 11.4 Å². The molecule has 6 nitrogen and oxygen atoms in total. The Kier molecular flexibility index (Phi) is 8.35. The van der Waals surface area contributed by atoms with Crippen molar-refractivity contribution in [2.75, 3.05) is 17.2 Å². The molecule has 0 unspecified atom stereocenters. The quantitative estimate of drug-likeness (QED) is 0.359. The molecule has 3 rings (SSSR count). The highest BCUT2D eigenvalue weighted by Gasteiger charge is 2.12. The van der Waals surface area contributed by atoms with Crippen molar-refractivity contribution in [1.82, 2.24) is 5.32 Å². The second-order valence-electron chi connectivity index (χ2n) is 6.80. The van der Waals surface area contributed by atoms with Gasteiger partial charge in [-0.25, -0.2) is 0 Å². The van der Waals surface area contributed by atoms with Gasteiger partial charge in [-0.3, -0.25) is 14.9 Å². The van der Waals surface area contributed by atoms with Crippen LogP contribution in [0.25, 0.3) is 0 Å². The van der Waals surface area contributed by atoms with Gasteiger partial charge >= 0.3 is 0 Å². The number of halogens is 1. The van der Waals surface area contributed by atoms with Crippen molar-refractivity contribution < 1.29 is 14.3 Å². The second kappa shape index (κ2) is 11.4. The smallest absolute Gasteiger partial charge is 0.257 e. The lowest BCUT2D eigenvalue weighted by atomic mass is 10.2. The van der Waals surface area contributed by atoms with E-state index in [1.807, 2.05) is 13.0 Å². The highest BCUT2D eigenvalue weighted by molar-refractivity contribution is 9.10. The molecule has 3 aromatic rings. The first-order valence-electron chi connectivity index (χ1n) is 9.97. The first-order valence-corrected chi connectivity index (χ1v) is 11.2. The molecule has 0 aliphatic carbocycles. The molecule has 0 spiro atoms. The molecule has 0 saturated carbocycles. The summed E-state index contributed by atoms with van der Waals surface area (Å²) in [6, 6.07) is 21.1. The standard InChI is InChI=1S/C24H22BrN3O3S/c1-2-13-31-21-12-11-17(14-20(21)25)23(30)28-24(32)27-19-10-6-9-18(15-19)26-22(29)16-7-4-3-5-8-16/h3-12,14-15H,2,13H2,1H3,(H,26,29)(H2,27,28,30,32). The van der Waals surface area contributed by atoms with Crippen LogP contribution in [-0.4, -0.2) is 23.5 Å². The normalized spacial score (nSPS) is 10.2. The summed E-state index contributed by atoms with van der Waals surface area (Å²) in [6.07, 6.45) is 0.895. The zero-order valence-electron chi connectivity index (χ0n) is 17.4. The van der Waals surface area contributed by atoms with Crippen LogP contribution in [0, 0.1) is 0 Å². The maximum atomic E-state index is 12.5. The molecule has 8 heteroatoms. The third-order valence-corrected chi connectivity index (χ3v) is 5.12. The Bertz CT molecular complexity index is 1120. The van der Waals surface area contributed by atoms with Gasteiger partial charge in [0.1, 0.15) is 5.75 Å². The highest BCUT2D eigenvalue weighted by Crippen LogP contribution is 2.26. The topological polar surface area (TPSA) is 79.5 Å². The fraction of sp³-hybridized carbons (Fsp3) is 0.125. The van der Waals surface area contributed by atoms with E-state index >= 15 is 0 Å². The summed E-state index contributed by atoms with van der Waals surface area (Å²) in [6.45, 7) is 2.62. The van der Waals surface area contributed by atoms with Gasteiger partial charge in [0, 0.05) is 22.5 Å². The molecule has 0 heterocycles. The highest BCUT2D eigenvalue weighted by atomic mass is 79.9. The third kappa shape index (κ3) is 6.63. The van der Waals surface area contributed by atoms with E-state index in [1.54, 1.807) is 66.7 Å². The van der Waals surface area contributed by atoms with Gasteiger partial charge in [-0.05, 0) is 83.1 Å². The Morgan fingerprint density at radius 3 is 2.28 bits per heavy atom. The van der Waals surface area contributed by atoms with Crippen LogP contribution in [0.3, 0.4) is 0 Å². The predicted molar refractivity (Wildman–Crippen MR) is 134 cm³/mol. The number of amides is 2. The van der Waals surface area contributed by atoms with Crippen molar-refractivity contribution in [3.8, 4) is 5.75 Å². The number of carbonyl (C=O) groups is 2. The number of ether oxygens (including phenoxy) is 1. The average molecular weight is 512 g/mol. The molecule has 0 saturated heterocycles. The van der Waals surface area contributed by atoms with E-state index < -0.39 is 0 Å². The maximum absolute atomic E-state index is 12.5. The number of hydrogen-bond acceptors (Lipinski definition) is 4. The number of hydrogen-bond donors (Lipinski definition) is 3. The van der Waals surface area contributed by atoms with Crippen LogP contribution >= 0.6 is 28.1 Å². The van der Waals surface area contributed by atoms with Gasteiger partial charge in [-0.1, -0.05) is 31.2 Å². The molecule has 3 aromatic carbocycles. The van der Waals surface area contributed by atoms with Gasteiger partial charge in [0.15, 0.2) is 5.11 Å². The predicted octanol–water partition coefficient (Wildman–Crippen LogP) is 5.62. The zero-order valence-corrected chi connectivity index (χ0v) is 19.8. The van der Waals surface area contributed by atoms with E-state index in [0.717, 1.165) is 6.42 Å². The Morgan fingerprint density at radius 2 is 1.59 bits per heavy atom. The van der Waals surface area contributed by atoms with Crippen LogP contribution in [-0.2, 0) is 0 Å². The van der Waals surface area contributed by atoms with Crippen LogP contribution in [0.15, 0.2) is 77.3 Å². The Balaban J connectivity index is 1.59. The molecule has 0 aliphatic heterocycles. The number of anilines is 2. The van der Waals surface area contributed by atoms with Crippen molar-refractivity contribution in [3.63, 3.8) is 0 Å². The summed E-state index contributed by atoms with van der Waals surface area (Å²) in [4.78, 5) is 24.9. The van der Waals surface area contributed by atoms with Crippen LogP contribution < -0.4 is 20.7 Å². The molecule has 2 amide bonds. The lowest BCUT2D eigenvalue weighted by Crippen LogP contribution is -2.34. The molecule has 32 heavy (non-hydrogen) atoms. The van der Waals surface area contributed by atoms with E-state index in [0.29, 0.717) is 39.3 Å². The largest absolute Gasteiger partial charge is 0.492 e. The van der Waals surface area contributed by atoms with Gasteiger partial charge < -0.3 is 15.4 Å².